The molecule has 174 valence electrons. The lowest BCUT2D eigenvalue weighted by molar-refractivity contribution is -0.137. The third kappa shape index (κ3) is 8.64. The summed E-state index contributed by atoms with van der Waals surface area (Å²) in [7, 11) is 0. The Hall–Kier alpha value is -2.37. The van der Waals surface area contributed by atoms with Crippen LogP contribution in [-0.2, 0) is 22.4 Å². The Morgan fingerprint density at radius 3 is 2.53 bits per heavy atom. The predicted molar refractivity (Wildman–Crippen MR) is 127 cm³/mol. The number of likely N-dealkylation sites (tertiary alicyclic amines) is 1. The van der Waals surface area contributed by atoms with Crippen LogP contribution in [0.15, 0.2) is 54.6 Å². The largest absolute Gasteiger partial charge is 0.491 e. The highest BCUT2D eigenvalue weighted by molar-refractivity contribution is 5.66. The van der Waals surface area contributed by atoms with Crippen molar-refractivity contribution in [1.82, 2.24) is 4.90 Å². The number of rotatable bonds is 13. The molecule has 2 aromatic rings. The number of carbonyl (C=O) groups is 1. The summed E-state index contributed by atoms with van der Waals surface area (Å²) < 4.78 is 12.3. The van der Waals surface area contributed by atoms with Crippen molar-refractivity contribution in [1.29, 1.82) is 0 Å². The number of para-hydroxylation sites is 1. The average molecular weight is 440 g/mol. The van der Waals surface area contributed by atoms with Crippen molar-refractivity contribution in [3.63, 3.8) is 0 Å². The zero-order valence-electron chi connectivity index (χ0n) is 19.2. The summed E-state index contributed by atoms with van der Waals surface area (Å²) in [6, 6.07) is 18.7. The van der Waals surface area contributed by atoms with Gasteiger partial charge >= 0.3 is 5.97 Å². The van der Waals surface area contributed by atoms with Crippen molar-refractivity contribution in [3.05, 3.63) is 65.7 Å². The van der Waals surface area contributed by atoms with E-state index in [-0.39, 0.29) is 12.5 Å². The van der Waals surface area contributed by atoms with Crippen LogP contribution in [0.3, 0.4) is 0 Å². The van der Waals surface area contributed by atoms with Gasteiger partial charge in [0.05, 0.1) is 0 Å². The number of hydrogen-bond acceptors (Lipinski definition) is 4. The fraction of sp³-hybridized carbons (Fsp3) is 0.519. The number of ether oxygens (including phenoxy) is 2. The molecular weight excluding hydrogens is 402 g/mol. The fourth-order valence-electron chi connectivity index (χ4n) is 4.12. The first-order valence-corrected chi connectivity index (χ1v) is 11.9. The molecule has 1 aliphatic heterocycles. The van der Waals surface area contributed by atoms with E-state index in [1.807, 2.05) is 18.2 Å². The molecule has 1 aliphatic rings. The van der Waals surface area contributed by atoms with Crippen LogP contribution in [0.4, 0.5) is 0 Å². The van der Waals surface area contributed by atoms with Crippen molar-refractivity contribution in [2.24, 2.45) is 5.92 Å². The highest BCUT2D eigenvalue weighted by Gasteiger charge is 2.21. The Kier molecular flexibility index (Phi) is 10.0. The molecule has 2 aromatic carbocycles. The summed E-state index contributed by atoms with van der Waals surface area (Å²) >= 11 is 0. The minimum Gasteiger partial charge on any atom is -0.491 e. The molecule has 0 aromatic heterocycles. The van der Waals surface area contributed by atoms with E-state index in [0.29, 0.717) is 19.6 Å². The Balaban J connectivity index is 1.55. The molecule has 5 heteroatoms. The van der Waals surface area contributed by atoms with Crippen molar-refractivity contribution >= 4 is 5.97 Å². The number of nitrogens with zero attached hydrogens (tertiary/aromatic N) is 1. The van der Waals surface area contributed by atoms with Crippen LogP contribution in [-0.4, -0.2) is 54.9 Å². The number of hydrogen-bond donors (Lipinski definition) is 1. The van der Waals surface area contributed by atoms with Crippen LogP contribution < -0.4 is 4.74 Å². The maximum absolute atomic E-state index is 10.8. The van der Waals surface area contributed by atoms with Crippen LogP contribution >= 0.6 is 0 Å². The third-order valence-electron chi connectivity index (χ3n) is 6.15. The zero-order chi connectivity index (χ0) is 22.6. The summed E-state index contributed by atoms with van der Waals surface area (Å²) in [5.41, 5.74) is 2.52. The van der Waals surface area contributed by atoms with E-state index in [1.165, 1.54) is 24.0 Å². The molecule has 5 nitrogen and oxygen atoms in total. The number of aryl methyl sites for hydroxylation is 2. The lowest BCUT2D eigenvalue weighted by atomic mass is 9.99. The Labute approximate surface area is 192 Å². The molecular formula is C27H37NO4. The Morgan fingerprint density at radius 2 is 1.78 bits per heavy atom. The Morgan fingerprint density at radius 1 is 1.06 bits per heavy atom. The molecule has 1 heterocycles. The smallest absolute Gasteiger partial charge is 0.303 e. The third-order valence-corrected chi connectivity index (χ3v) is 6.15. The van der Waals surface area contributed by atoms with Gasteiger partial charge in [-0.1, -0.05) is 55.5 Å². The van der Waals surface area contributed by atoms with Crippen LogP contribution in [0, 0.1) is 5.92 Å². The second kappa shape index (κ2) is 13.2. The van der Waals surface area contributed by atoms with E-state index < -0.39 is 5.97 Å². The van der Waals surface area contributed by atoms with Crippen molar-refractivity contribution < 1.29 is 19.4 Å². The normalized spacial score (nSPS) is 16.0. The fourth-order valence-corrected chi connectivity index (χ4v) is 4.12. The van der Waals surface area contributed by atoms with E-state index in [1.54, 1.807) is 0 Å². The quantitative estimate of drug-likeness (QED) is 0.453. The molecule has 0 radical (unpaired) electrons. The molecule has 1 N–H and O–H groups in total. The van der Waals surface area contributed by atoms with Crippen molar-refractivity contribution in [3.8, 4) is 5.75 Å². The minimum atomic E-state index is -0.779. The van der Waals surface area contributed by atoms with Crippen molar-refractivity contribution in [2.75, 3.05) is 32.8 Å². The van der Waals surface area contributed by atoms with Gasteiger partial charge in [0, 0.05) is 19.6 Å². The summed E-state index contributed by atoms with van der Waals surface area (Å²) in [5, 5.41) is 8.89. The topological polar surface area (TPSA) is 59.0 Å². The number of benzene rings is 2. The van der Waals surface area contributed by atoms with Gasteiger partial charge in [-0.05, 0) is 68.3 Å². The van der Waals surface area contributed by atoms with Gasteiger partial charge in [-0.2, -0.15) is 0 Å². The zero-order valence-corrected chi connectivity index (χ0v) is 19.2. The van der Waals surface area contributed by atoms with E-state index >= 15 is 0 Å². The molecule has 0 spiro atoms. The Bertz CT molecular complexity index is 802. The number of aliphatic carboxylic acids is 1. The predicted octanol–water partition coefficient (Wildman–Crippen LogP) is 4.83. The molecule has 32 heavy (non-hydrogen) atoms. The van der Waals surface area contributed by atoms with E-state index in [2.05, 4.69) is 48.2 Å². The summed E-state index contributed by atoms with van der Waals surface area (Å²) in [6.45, 7) is 6.23. The first-order valence-electron chi connectivity index (χ1n) is 11.9. The molecule has 3 rings (SSSR count). The molecule has 0 saturated carbocycles. The van der Waals surface area contributed by atoms with Crippen LogP contribution in [0.25, 0.3) is 0 Å². The summed E-state index contributed by atoms with van der Waals surface area (Å²) in [6.07, 6.45) is 4.92. The monoisotopic (exact) mass is 439 g/mol. The second-order valence-electron chi connectivity index (χ2n) is 8.88. The van der Waals surface area contributed by atoms with Crippen LogP contribution in [0.5, 0.6) is 5.75 Å². The van der Waals surface area contributed by atoms with E-state index in [0.717, 1.165) is 44.1 Å². The standard InChI is InChI=1S/C27H37NO4/c1-22-15-17-28(18-16-22)20-25(31-19-7-12-27(29)30)21-32-26-11-6-5-10-24(26)14-13-23-8-3-2-4-9-23/h2-6,8-11,22,25H,7,12-21H2,1H3,(H,29,30). The van der Waals surface area contributed by atoms with E-state index in [9.17, 15) is 4.79 Å². The van der Waals surface area contributed by atoms with Gasteiger partial charge in [-0.15, -0.1) is 0 Å². The minimum absolute atomic E-state index is 0.0700. The average Bonchev–Trinajstić information content (AvgIpc) is 2.81. The highest BCUT2D eigenvalue weighted by atomic mass is 16.5. The summed E-state index contributed by atoms with van der Waals surface area (Å²) in [4.78, 5) is 13.3. The van der Waals surface area contributed by atoms with Crippen LogP contribution in [0.1, 0.15) is 43.7 Å². The molecule has 0 amide bonds. The molecule has 1 saturated heterocycles. The van der Waals surface area contributed by atoms with Gasteiger partial charge in [0.1, 0.15) is 18.5 Å². The summed E-state index contributed by atoms with van der Waals surface area (Å²) in [5.74, 6) is 0.919. The van der Waals surface area contributed by atoms with Gasteiger partial charge in [-0.25, -0.2) is 0 Å². The van der Waals surface area contributed by atoms with E-state index in [4.69, 9.17) is 14.6 Å². The van der Waals surface area contributed by atoms with Crippen molar-refractivity contribution in [2.45, 2.75) is 51.6 Å². The lowest BCUT2D eigenvalue weighted by Crippen LogP contribution is -2.41. The molecule has 0 aliphatic carbocycles. The molecule has 1 unspecified atom stereocenters. The first kappa shape index (κ1) is 24.3. The van der Waals surface area contributed by atoms with Crippen LogP contribution in [0.2, 0.25) is 0 Å². The number of piperidine rings is 1. The molecule has 0 bridgehead atoms. The number of carboxylic acid groups (broad SMARTS) is 1. The lowest BCUT2D eigenvalue weighted by Gasteiger charge is -2.33. The second-order valence-corrected chi connectivity index (χ2v) is 8.88. The first-order chi connectivity index (χ1) is 15.6. The maximum atomic E-state index is 10.8. The molecule has 1 fully saturated rings. The highest BCUT2D eigenvalue weighted by Crippen LogP contribution is 2.21. The van der Waals surface area contributed by atoms with Gasteiger partial charge in [-0.3, -0.25) is 4.79 Å². The van der Waals surface area contributed by atoms with Gasteiger partial charge < -0.3 is 19.5 Å². The van der Waals surface area contributed by atoms with Gasteiger partial charge in [0.15, 0.2) is 0 Å². The molecule has 1 atom stereocenters. The number of carboxylic acids is 1. The maximum Gasteiger partial charge on any atom is 0.303 e. The SMILES string of the molecule is CC1CCN(CC(COc2ccccc2CCc2ccccc2)OCCCC(=O)O)CC1. The van der Waals surface area contributed by atoms with Gasteiger partial charge in [0.25, 0.3) is 0 Å². The van der Waals surface area contributed by atoms with Gasteiger partial charge in [0.2, 0.25) is 0 Å².